The number of carbonyl (C=O) groups is 1. The maximum atomic E-state index is 11.8. The molecule has 2 amide bonds. The fourth-order valence-electron chi connectivity index (χ4n) is 2.65. The first-order valence-corrected chi connectivity index (χ1v) is 8.43. The number of hydrogen-bond acceptors (Lipinski definition) is 4. The zero-order chi connectivity index (χ0) is 15.2. The molecule has 22 heavy (non-hydrogen) atoms. The number of nitrogens with one attached hydrogen (secondary N) is 2. The molecule has 1 saturated heterocycles. The van der Waals surface area contributed by atoms with E-state index in [1.165, 1.54) is 11.3 Å². The monoisotopic (exact) mass is 316 g/mol. The van der Waals surface area contributed by atoms with Crippen molar-refractivity contribution in [2.24, 2.45) is 5.92 Å². The number of pyridine rings is 1. The highest BCUT2D eigenvalue weighted by Gasteiger charge is 2.20. The van der Waals surface area contributed by atoms with Gasteiger partial charge in [0.15, 0.2) is 0 Å². The van der Waals surface area contributed by atoms with E-state index in [9.17, 15) is 4.79 Å². The number of rotatable bonds is 4. The first-order valence-electron chi connectivity index (χ1n) is 7.55. The molecule has 1 aliphatic heterocycles. The topological polar surface area (TPSA) is 57.3 Å². The lowest BCUT2D eigenvalue weighted by molar-refractivity contribution is 0.248. The maximum Gasteiger partial charge on any atom is 0.319 e. The van der Waals surface area contributed by atoms with Crippen LogP contribution in [0, 0.1) is 5.92 Å². The lowest BCUT2D eigenvalue weighted by Gasteiger charge is -2.32. The molecule has 0 bridgehead atoms. The van der Waals surface area contributed by atoms with Crippen molar-refractivity contribution in [1.82, 2.24) is 10.3 Å². The third-order valence-corrected chi connectivity index (χ3v) is 4.68. The van der Waals surface area contributed by atoms with Crippen LogP contribution in [0.4, 0.5) is 15.6 Å². The minimum absolute atomic E-state index is 0.116. The van der Waals surface area contributed by atoms with Gasteiger partial charge in [-0.2, -0.15) is 0 Å². The summed E-state index contributed by atoms with van der Waals surface area (Å²) in [6, 6.07) is 9.71. The van der Waals surface area contributed by atoms with Gasteiger partial charge in [0.2, 0.25) is 0 Å². The molecule has 0 radical (unpaired) electrons. The lowest BCUT2D eigenvalue weighted by Crippen LogP contribution is -2.40. The fourth-order valence-corrected chi connectivity index (χ4v) is 3.26. The number of piperidine rings is 1. The molecule has 116 valence electrons. The number of nitrogens with zero attached hydrogens (tertiary/aromatic N) is 2. The minimum Gasteiger partial charge on any atom is -0.357 e. The van der Waals surface area contributed by atoms with E-state index in [0.29, 0.717) is 5.92 Å². The van der Waals surface area contributed by atoms with Crippen LogP contribution in [0.25, 0.3) is 0 Å². The molecule has 2 aromatic heterocycles. The van der Waals surface area contributed by atoms with Crippen LogP contribution < -0.4 is 15.5 Å². The van der Waals surface area contributed by atoms with Gasteiger partial charge < -0.3 is 10.2 Å². The molecule has 2 N–H and O–H groups in total. The molecule has 0 aromatic carbocycles. The Bertz CT molecular complexity index is 579. The van der Waals surface area contributed by atoms with Crippen LogP contribution in [-0.4, -0.2) is 30.6 Å². The highest BCUT2D eigenvalue weighted by molar-refractivity contribution is 7.14. The van der Waals surface area contributed by atoms with Gasteiger partial charge in [-0.25, -0.2) is 9.78 Å². The van der Waals surface area contributed by atoms with Gasteiger partial charge in [-0.1, -0.05) is 6.07 Å². The second-order valence-corrected chi connectivity index (χ2v) is 6.38. The Balaban J connectivity index is 1.40. The lowest BCUT2D eigenvalue weighted by atomic mass is 9.97. The van der Waals surface area contributed by atoms with Crippen molar-refractivity contribution < 1.29 is 4.79 Å². The molecule has 1 fully saturated rings. The largest absolute Gasteiger partial charge is 0.357 e. The summed E-state index contributed by atoms with van der Waals surface area (Å²) in [4.78, 5) is 18.5. The van der Waals surface area contributed by atoms with Crippen molar-refractivity contribution in [2.75, 3.05) is 29.9 Å². The summed E-state index contributed by atoms with van der Waals surface area (Å²) in [6.45, 7) is 2.72. The molecular weight excluding hydrogens is 296 g/mol. The minimum atomic E-state index is -0.116. The number of aromatic nitrogens is 1. The maximum absolute atomic E-state index is 11.8. The molecule has 0 saturated carbocycles. The van der Waals surface area contributed by atoms with E-state index in [1.807, 2.05) is 41.9 Å². The number of urea groups is 1. The normalized spacial score (nSPS) is 15.5. The molecule has 0 spiro atoms. The summed E-state index contributed by atoms with van der Waals surface area (Å²) in [5.41, 5.74) is 0. The second-order valence-electron chi connectivity index (χ2n) is 5.43. The van der Waals surface area contributed by atoms with E-state index >= 15 is 0 Å². The Morgan fingerprint density at radius 2 is 2.14 bits per heavy atom. The van der Waals surface area contributed by atoms with Gasteiger partial charge in [0.1, 0.15) is 5.82 Å². The molecule has 2 aromatic rings. The third-order valence-electron chi connectivity index (χ3n) is 3.90. The van der Waals surface area contributed by atoms with Crippen LogP contribution in [0.1, 0.15) is 12.8 Å². The fraction of sp³-hybridized carbons (Fsp3) is 0.375. The predicted octanol–water partition coefficient (Wildman–Crippen LogP) is 3.18. The molecular formula is C16H20N4OS. The molecule has 5 nitrogen and oxygen atoms in total. The summed E-state index contributed by atoms with van der Waals surface area (Å²) in [5.74, 6) is 1.58. The van der Waals surface area contributed by atoms with Crippen LogP contribution in [0.15, 0.2) is 41.9 Å². The number of carbonyl (C=O) groups excluding carboxylic acids is 1. The van der Waals surface area contributed by atoms with Crippen LogP contribution in [-0.2, 0) is 0 Å². The average Bonchev–Trinajstić information content (AvgIpc) is 3.07. The molecule has 0 atom stereocenters. The number of hydrogen-bond donors (Lipinski definition) is 2. The quantitative estimate of drug-likeness (QED) is 0.911. The van der Waals surface area contributed by atoms with Gasteiger partial charge in [0.25, 0.3) is 0 Å². The van der Waals surface area contributed by atoms with Crippen molar-refractivity contribution in [2.45, 2.75) is 12.8 Å². The van der Waals surface area contributed by atoms with E-state index in [1.54, 1.807) is 0 Å². The predicted molar refractivity (Wildman–Crippen MR) is 90.5 cm³/mol. The number of amides is 2. The van der Waals surface area contributed by atoms with Crippen LogP contribution in [0.5, 0.6) is 0 Å². The van der Waals surface area contributed by atoms with Crippen molar-refractivity contribution in [3.63, 3.8) is 0 Å². The third kappa shape index (κ3) is 3.98. The van der Waals surface area contributed by atoms with Gasteiger partial charge in [-0.3, -0.25) is 5.32 Å². The van der Waals surface area contributed by atoms with E-state index < -0.39 is 0 Å². The van der Waals surface area contributed by atoms with Crippen LogP contribution >= 0.6 is 11.3 Å². The number of anilines is 2. The Kier molecular flexibility index (Phi) is 4.90. The van der Waals surface area contributed by atoms with Gasteiger partial charge in [-0.15, -0.1) is 11.3 Å². The summed E-state index contributed by atoms with van der Waals surface area (Å²) in [7, 11) is 0. The summed E-state index contributed by atoms with van der Waals surface area (Å²) < 4.78 is 0. The zero-order valence-corrected chi connectivity index (χ0v) is 13.2. The van der Waals surface area contributed by atoms with Gasteiger partial charge in [0.05, 0.1) is 5.00 Å². The van der Waals surface area contributed by atoms with Crippen molar-refractivity contribution >= 4 is 28.2 Å². The van der Waals surface area contributed by atoms with Crippen molar-refractivity contribution in [1.29, 1.82) is 0 Å². The molecule has 0 aliphatic carbocycles. The standard InChI is InChI=1S/C16H20N4OS/c21-16(19-15-5-3-11-22-15)18-12-13-6-9-20(10-7-13)14-4-1-2-8-17-14/h1-5,8,11,13H,6-7,9-10,12H2,(H2,18,19,21). The highest BCUT2D eigenvalue weighted by atomic mass is 32.1. The Hall–Kier alpha value is -2.08. The molecule has 1 aliphatic rings. The molecule has 3 heterocycles. The van der Waals surface area contributed by atoms with Crippen molar-refractivity contribution in [3.05, 3.63) is 41.9 Å². The van der Waals surface area contributed by atoms with E-state index in [-0.39, 0.29) is 6.03 Å². The first-order chi connectivity index (χ1) is 10.8. The van der Waals surface area contributed by atoms with E-state index in [4.69, 9.17) is 0 Å². The smallest absolute Gasteiger partial charge is 0.319 e. The molecule has 0 unspecified atom stereocenters. The van der Waals surface area contributed by atoms with E-state index in [0.717, 1.165) is 43.3 Å². The van der Waals surface area contributed by atoms with E-state index in [2.05, 4.69) is 20.5 Å². The Labute approximate surface area is 134 Å². The molecule has 6 heteroatoms. The van der Waals surface area contributed by atoms with Gasteiger partial charge in [-0.05, 0) is 48.4 Å². The van der Waals surface area contributed by atoms with Gasteiger partial charge >= 0.3 is 6.03 Å². The Morgan fingerprint density at radius 1 is 1.27 bits per heavy atom. The summed E-state index contributed by atoms with van der Waals surface area (Å²) in [6.07, 6.45) is 3.99. The summed E-state index contributed by atoms with van der Waals surface area (Å²) >= 11 is 1.53. The molecule has 3 rings (SSSR count). The highest BCUT2D eigenvalue weighted by Crippen LogP contribution is 2.21. The average molecular weight is 316 g/mol. The Morgan fingerprint density at radius 3 is 2.82 bits per heavy atom. The zero-order valence-electron chi connectivity index (χ0n) is 12.4. The van der Waals surface area contributed by atoms with Crippen LogP contribution in [0.3, 0.4) is 0 Å². The van der Waals surface area contributed by atoms with Crippen molar-refractivity contribution in [3.8, 4) is 0 Å². The first kappa shape index (κ1) is 14.8. The van der Waals surface area contributed by atoms with Crippen LogP contribution in [0.2, 0.25) is 0 Å². The summed E-state index contributed by atoms with van der Waals surface area (Å²) in [5, 5.41) is 8.64. The number of thiophene rings is 1. The SMILES string of the molecule is O=C(NCC1CCN(c2ccccn2)CC1)Nc1cccs1. The van der Waals surface area contributed by atoms with Gasteiger partial charge in [0, 0.05) is 25.8 Å². The second kappa shape index (κ2) is 7.26.